The minimum absolute atomic E-state index is 0.131. The maximum atomic E-state index is 11.6. The maximum absolute atomic E-state index is 11.6. The van der Waals surface area contributed by atoms with E-state index in [0.717, 1.165) is 51.4 Å². The van der Waals surface area contributed by atoms with E-state index in [2.05, 4.69) is 19.1 Å². The lowest BCUT2D eigenvalue weighted by atomic mass is 9.94. The first kappa shape index (κ1) is 34.7. The summed E-state index contributed by atoms with van der Waals surface area (Å²) < 4.78 is 0. The molecule has 4 nitrogen and oxygen atoms in total. The van der Waals surface area contributed by atoms with E-state index >= 15 is 0 Å². The Bertz CT molecular complexity index is 514. The van der Waals surface area contributed by atoms with Gasteiger partial charge in [-0.1, -0.05) is 135 Å². The molecular weight excluding hydrogens is 448 g/mol. The lowest BCUT2D eigenvalue weighted by molar-refractivity contribution is -0.142. The fourth-order valence-corrected chi connectivity index (χ4v) is 4.93. The summed E-state index contributed by atoms with van der Waals surface area (Å²) in [5.41, 5.74) is 0. The number of carboxylic acid groups (broad SMARTS) is 2. The van der Waals surface area contributed by atoms with Crippen molar-refractivity contribution in [2.24, 2.45) is 5.92 Å². The Morgan fingerprint density at radius 2 is 0.889 bits per heavy atom. The molecule has 0 saturated carbocycles. The van der Waals surface area contributed by atoms with E-state index in [9.17, 15) is 14.7 Å². The van der Waals surface area contributed by atoms with E-state index in [1.807, 2.05) is 0 Å². The van der Waals surface area contributed by atoms with Gasteiger partial charge >= 0.3 is 11.9 Å². The molecule has 0 aromatic rings. The summed E-state index contributed by atoms with van der Waals surface area (Å²) in [7, 11) is 0. The van der Waals surface area contributed by atoms with Crippen LogP contribution in [-0.4, -0.2) is 22.2 Å². The molecule has 0 aromatic heterocycles. The molecule has 0 fully saturated rings. The van der Waals surface area contributed by atoms with Crippen LogP contribution in [0.15, 0.2) is 12.2 Å². The van der Waals surface area contributed by atoms with E-state index in [-0.39, 0.29) is 5.92 Å². The van der Waals surface area contributed by atoms with Crippen molar-refractivity contribution in [1.82, 2.24) is 0 Å². The Kier molecular flexibility index (Phi) is 27.2. The number of hydrogen-bond donors (Lipinski definition) is 2. The number of hydrogen-bond acceptors (Lipinski definition) is 2. The van der Waals surface area contributed by atoms with Crippen molar-refractivity contribution < 1.29 is 19.8 Å². The van der Waals surface area contributed by atoms with Crippen molar-refractivity contribution >= 4 is 11.9 Å². The number of allylic oxidation sites excluding steroid dienone is 2. The molecule has 0 bridgehead atoms. The summed E-state index contributed by atoms with van der Waals surface area (Å²) in [6.07, 6.45) is 34.6. The van der Waals surface area contributed by atoms with E-state index in [1.165, 1.54) is 109 Å². The highest BCUT2D eigenvalue weighted by Crippen LogP contribution is 2.20. The van der Waals surface area contributed by atoms with Gasteiger partial charge in [0, 0.05) is 6.42 Å². The fraction of sp³-hybridized carbons (Fsp3) is 0.875. The highest BCUT2D eigenvalue weighted by Gasteiger charge is 2.16. The van der Waals surface area contributed by atoms with Crippen LogP contribution in [0.5, 0.6) is 0 Å². The lowest BCUT2D eigenvalue weighted by Gasteiger charge is -2.12. The van der Waals surface area contributed by atoms with Crippen molar-refractivity contribution in [1.29, 1.82) is 0 Å². The third-order valence-electron chi connectivity index (χ3n) is 7.36. The van der Waals surface area contributed by atoms with Crippen molar-refractivity contribution in [3.63, 3.8) is 0 Å². The van der Waals surface area contributed by atoms with Gasteiger partial charge in [-0.3, -0.25) is 9.59 Å². The monoisotopic (exact) mass is 508 g/mol. The molecule has 2 N–H and O–H groups in total. The molecule has 1 atom stereocenters. The van der Waals surface area contributed by atoms with Gasteiger partial charge in [-0.25, -0.2) is 0 Å². The highest BCUT2D eigenvalue weighted by atomic mass is 16.4. The van der Waals surface area contributed by atoms with Gasteiger partial charge in [-0.2, -0.15) is 0 Å². The third kappa shape index (κ3) is 27.3. The van der Waals surface area contributed by atoms with Crippen LogP contribution in [0.2, 0.25) is 0 Å². The molecule has 0 rings (SSSR count). The van der Waals surface area contributed by atoms with Crippen LogP contribution in [-0.2, 0) is 9.59 Å². The van der Waals surface area contributed by atoms with Crippen molar-refractivity contribution in [2.75, 3.05) is 0 Å². The van der Waals surface area contributed by atoms with Crippen LogP contribution in [0.25, 0.3) is 0 Å². The molecule has 0 aromatic carbocycles. The second-order valence-corrected chi connectivity index (χ2v) is 10.9. The Hall–Kier alpha value is -1.32. The number of rotatable bonds is 29. The maximum Gasteiger partial charge on any atom is 0.306 e. The molecule has 0 aliphatic carbocycles. The van der Waals surface area contributed by atoms with Crippen LogP contribution in [0, 0.1) is 5.92 Å². The summed E-state index contributed by atoms with van der Waals surface area (Å²) in [5, 5.41) is 18.1. The molecule has 0 aliphatic heterocycles. The largest absolute Gasteiger partial charge is 0.481 e. The molecule has 0 aliphatic rings. The van der Waals surface area contributed by atoms with E-state index in [4.69, 9.17) is 5.11 Å². The van der Waals surface area contributed by atoms with Gasteiger partial charge in [0.05, 0.1) is 5.92 Å². The average Bonchev–Trinajstić information content (AvgIpc) is 2.85. The number of carbonyl (C=O) groups is 2. The first-order valence-corrected chi connectivity index (χ1v) is 15.7. The van der Waals surface area contributed by atoms with Gasteiger partial charge in [0.1, 0.15) is 0 Å². The van der Waals surface area contributed by atoms with Gasteiger partial charge < -0.3 is 10.2 Å². The first-order valence-electron chi connectivity index (χ1n) is 15.7. The van der Waals surface area contributed by atoms with Crippen molar-refractivity contribution in [3.05, 3.63) is 12.2 Å². The van der Waals surface area contributed by atoms with Crippen molar-refractivity contribution in [2.45, 2.75) is 174 Å². The molecule has 212 valence electrons. The summed E-state index contributed by atoms with van der Waals surface area (Å²) in [6, 6.07) is 0. The zero-order valence-electron chi connectivity index (χ0n) is 23.8. The standard InChI is InChI=1S/C32H60O4/c1-2-3-4-5-6-7-15-18-21-24-27-30(32(35)36)28-25-22-19-16-13-11-9-8-10-12-14-17-20-23-26-29-31(33)34/h8,10,30H,2-7,9,11-29H2,1H3,(H,33,34)(H,35,36). The molecule has 0 heterocycles. The van der Waals surface area contributed by atoms with E-state index in [1.54, 1.807) is 0 Å². The number of aliphatic carboxylic acids is 2. The molecule has 0 amide bonds. The first-order chi connectivity index (χ1) is 17.6. The van der Waals surface area contributed by atoms with Crippen molar-refractivity contribution in [3.8, 4) is 0 Å². The Labute approximate surface area is 223 Å². The number of unbranched alkanes of at least 4 members (excludes halogenated alkanes) is 20. The van der Waals surface area contributed by atoms with Crippen LogP contribution < -0.4 is 0 Å². The number of carboxylic acids is 2. The predicted octanol–water partition coefficient (Wildman–Crippen LogP) is 10.5. The molecular formula is C32H60O4. The molecule has 4 heteroatoms. The summed E-state index contributed by atoms with van der Waals surface area (Å²) in [6.45, 7) is 2.26. The van der Waals surface area contributed by atoms with Crippen LogP contribution >= 0.6 is 0 Å². The quantitative estimate of drug-likeness (QED) is 0.0778. The van der Waals surface area contributed by atoms with Crippen LogP contribution in [0.1, 0.15) is 174 Å². The van der Waals surface area contributed by atoms with E-state index in [0.29, 0.717) is 6.42 Å². The van der Waals surface area contributed by atoms with Gasteiger partial charge in [-0.15, -0.1) is 0 Å². The molecule has 1 unspecified atom stereocenters. The lowest BCUT2D eigenvalue weighted by Crippen LogP contribution is -2.13. The zero-order chi connectivity index (χ0) is 26.5. The zero-order valence-corrected chi connectivity index (χ0v) is 23.8. The second-order valence-electron chi connectivity index (χ2n) is 10.9. The minimum atomic E-state index is -0.681. The predicted molar refractivity (Wildman–Crippen MR) is 154 cm³/mol. The van der Waals surface area contributed by atoms with Gasteiger partial charge in [-0.05, 0) is 44.9 Å². The van der Waals surface area contributed by atoms with E-state index < -0.39 is 11.9 Å². The van der Waals surface area contributed by atoms with Gasteiger partial charge in [0.15, 0.2) is 0 Å². The Morgan fingerprint density at radius 3 is 1.28 bits per heavy atom. The minimum Gasteiger partial charge on any atom is -0.481 e. The van der Waals surface area contributed by atoms with Gasteiger partial charge in [0.2, 0.25) is 0 Å². The molecule has 0 saturated heterocycles. The summed E-state index contributed by atoms with van der Waals surface area (Å²) in [5.74, 6) is -1.40. The van der Waals surface area contributed by atoms with Gasteiger partial charge in [0.25, 0.3) is 0 Å². The molecule has 0 spiro atoms. The summed E-state index contributed by atoms with van der Waals surface area (Å²) >= 11 is 0. The fourth-order valence-electron chi connectivity index (χ4n) is 4.93. The normalized spacial score (nSPS) is 12.4. The Balaban J connectivity index is 3.45. The highest BCUT2D eigenvalue weighted by molar-refractivity contribution is 5.69. The Morgan fingerprint density at radius 1 is 0.528 bits per heavy atom. The summed E-state index contributed by atoms with van der Waals surface area (Å²) in [4.78, 5) is 22.0. The molecule has 36 heavy (non-hydrogen) atoms. The topological polar surface area (TPSA) is 74.6 Å². The smallest absolute Gasteiger partial charge is 0.306 e. The molecule has 0 radical (unpaired) electrons. The third-order valence-corrected chi connectivity index (χ3v) is 7.36. The second kappa shape index (κ2) is 28.3. The van der Waals surface area contributed by atoms with Crippen LogP contribution in [0.4, 0.5) is 0 Å². The SMILES string of the molecule is CCCCCCCCCCCCC(CCCCCCCCC=CCCCCCCCC(=O)O)C(=O)O. The average molecular weight is 509 g/mol. The van der Waals surface area contributed by atoms with Crippen LogP contribution in [0.3, 0.4) is 0 Å².